The average molecular weight is 257 g/mol. The molecule has 2 rings (SSSR count). The molecule has 19 heavy (non-hydrogen) atoms. The fraction of sp³-hybridized carbons (Fsp3) is 0.188. The van der Waals surface area contributed by atoms with Gasteiger partial charge in [-0.2, -0.15) is 0 Å². The second-order valence-electron chi connectivity index (χ2n) is 4.50. The molecule has 0 saturated carbocycles. The second-order valence-corrected chi connectivity index (χ2v) is 4.50. The predicted molar refractivity (Wildman–Crippen MR) is 74.9 cm³/mol. The van der Waals surface area contributed by atoms with Gasteiger partial charge < -0.3 is 5.32 Å². The highest BCUT2D eigenvalue weighted by Gasteiger charge is 2.12. The Morgan fingerprint density at radius 1 is 1.16 bits per heavy atom. The van der Waals surface area contributed by atoms with E-state index in [4.69, 9.17) is 0 Å². The second kappa shape index (κ2) is 5.65. The molecule has 2 aromatic carbocycles. The molecule has 0 aliphatic carbocycles. The highest BCUT2D eigenvalue weighted by molar-refractivity contribution is 5.99. The van der Waals surface area contributed by atoms with Gasteiger partial charge in [0.05, 0.1) is 5.56 Å². The van der Waals surface area contributed by atoms with E-state index in [0.717, 1.165) is 11.1 Å². The number of carbonyl (C=O) groups is 1. The molecule has 0 aromatic heterocycles. The van der Waals surface area contributed by atoms with Gasteiger partial charge in [-0.15, -0.1) is 0 Å². The van der Waals surface area contributed by atoms with Crippen LogP contribution in [0.2, 0.25) is 0 Å². The number of carbonyl (C=O) groups excluding carboxylic acids is 1. The minimum Gasteiger partial charge on any atom is -0.380 e. The number of anilines is 1. The van der Waals surface area contributed by atoms with Crippen LogP contribution in [0.3, 0.4) is 0 Å². The molecule has 0 spiro atoms. The molecule has 0 heterocycles. The van der Waals surface area contributed by atoms with E-state index in [1.54, 1.807) is 12.1 Å². The minimum atomic E-state index is -0.484. The lowest BCUT2D eigenvalue weighted by Crippen LogP contribution is -2.07. The fourth-order valence-corrected chi connectivity index (χ4v) is 2.03. The van der Waals surface area contributed by atoms with Gasteiger partial charge in [-0.3, -0.25) is 4.79 Å². The van der Waals surface area contributed by atoms with E-state index in [9.17, 15) is 9.18 Å². The van der Waals surface area contributed by atoms with E-state index in [-0.39, 0.29) is 11.3 Å². The van der Waals surface area contributed by atoms with Crippen LogP contribution >= 0.6 is 0 Å². The van der Waals surface area contributed by atoms with E-state index in [0.29, 0.717) is 12.2 Å². The monoisotopic (exact) mass is 257 g/mol. The summed E-state index contributed by atoms with van der Waals surface area (Å²) in [6.07, 6.45) is 0. The summed E-state index contributed by atoms with van der Waals surface area (Å²) in [6, 6.07) is 12.6. The Morgan fingerprint density at radius 2 is 1.89 bits per heavy atom. The zero-order valence-electron chi connectivity index (χ0n) is 11.0. The number of halogens is 1. The Kier molecular flexibility index (Phi) is 3.95. The Labute approximate surface area is 112 Å². The molecule has 0 amide bonds. The Balaban J connectivity index is 2.23. The van der Waals surface area contributed by atoms with Gasteiger partial charge >= 0.3 is 0 Å². The van der Waals surface area contributed by atoms with Crippen molar-refractivity contribution in [3.05, 3.63) is 65.0 Å². The van der Waals surface area contributed by atoms with Crippen molar-refractivity contribution in [1.29, 1.82) is 0 Å². The number of hydrogen-bond donors (Lipinski definition) is 1. The molecule has 0 radical (unpaired) electrons. The first-order valence-electron chi connectivity index (χ1n) is 6.17. The molecule has 0 fully saturated rings. The molecule has 0 saturated heterocycles. The number of aryl methyl sites for hydroxylation is 1. The summed E-state index contributed by atoms with van der Waals surface area (Å²) >= 11 is 0. The molecule has 0 atom stereocenters. The van der Waals surface area contributed by atoms with Gasteiger partial charge in [-0.05, 0) is 37.1 Å². The summed E-state index contributed by atoms with van der Waals surface area (Å²) in [5.41, 5.74) is 2.95. The summed E-state index contributed by atoms with van der Waals surface area (Å²) in [6.45, 7) is 3.96. The first kappa shape index (κ1) is 13.3. The largest absolute Gasteiger partial charge is 0.380 e. The first-order valence-corrected chi connectivity index (χ1v) is 6.17. The Hall–Kier alpha value is -2.16. The Bertz CT molecular complexity index is 607. The molecule has 0 aliphatic rings. The van der Waals surface area contributed by atoms with Gasteiger partial charge in [-0.25, -0.2) is 4.39 Å². The minimum absolute atomic E-state index is 0.121. The Morgan fingerprint density at radius 3 is 2.58 bits per heavy atom. The summed E-state index contributed by atoms with van der Waals surface area (Å²) in [5.74, 6) is -0.757. The standard InChI is InChI=1S/C16H16FNO/c1-11-6-3-4-7-13(11)10-18-15-9-5-8-14(17)16(15)12(2)19/h3-9,18H,10H2,1-2H3. The number of Topliss-reactive ketones (excluding diaryl/α,β-unsaturated/α-hetero) is 1. The van der Waals surface area contributed by atoms with Gasteiger partial charge in [0.2, 0.25) is 0 Å². The third kappa shape index (κ3) is 2.99. The smallest absolute Gasteiger partial charge is 0.164 e. The lowest BCUT2D eigenvalue weighted by atomic mass is 10.1. The van der Waals surface area contributed by atoms with Crippen LogP contribution in [0.25, 0.3) is 0 Å². The van der Waals surface area contributed by atoms with Crippen LogP contribution in [0, 0.1) is 12.7 Å². The third-order valence-corrected chi connectivity index (χ3v) is 3.10. The first-order chi connectivity index (χ1) is 9.09. The lowest BCUT2D eigenvalue weighted by Gasteiger charge is -2.12. The number of rotatable bonds is 4. The number of benzene rings is 2. The van der Waals surface area contributed by atoms with Crippen molar-refractivity contribution in [1.82, 2.24) is 0 Å². The van der Waals surface area contributed by atoms with E-state index in [1.807, 2.05) is 31.2 Å². The van der Waals surface area contributed by atoms with Crippen LogP contribution in [0.4, 0.5) is 10.1 Å². The van der Waals surface area contributed by atoms with Crippen molar-refractivity contribution in [2.45, 2.75) is 20.4 Å². The molecule has 0 unspecified atom stereocenters. The van der Waals surface area contributed by atoms with Crippen molar-refractivity contribution >= 4 is 11.5 Å². The zero-order valence-corrected chi connectivity index (χ0v) is 11.0. The van der Waals surface area contributed by atoms with Gasteiger partial charge in [-0.1, -0.05) is 30.3 Å². The highest BCUT2D eigenvalue weighted by Crippen LogP contribution is 2.20. The van der Waals surface area contributed by atoms with Crippen molar-refractivity contribution in [2.24, 2.45) is 0 Å². The predicted octanol–water partition coefficient (Wildman–Crippen LogP) is 3.95. The molecule has 2 nitrogen and oxygen atoms in total. The maximum Gasteiger partial charge on any atom is 0.164 e. The van der Waals surface area contributed by atoms with Crippen LogP contribution in [0.15, 0.2) is 42.5 Å². The van der Waals surface area contributed by atoms with Crippen LogP contribution < -0.4 is 5.32 Å². The zero-order chi connectivity index (χ0) is 13.8. The maximum absolute atomic E-state index is 13.6. The molecule has 0 bridgehead atoms. The normalized spacial score (nSPS) is 10.3. The molecule has 98 valence electrons. The van der Waals surface area contributed by atoms with Crippen LogP contribution in [0.5, 0.6) is 0 Å². The van der Waals surface area contributed by atoms with E-state index in [2.05, 4.69) is 5.32 Å². The van der Waals surface area contributed by atoms with Gasteiger partial charge in [0, 0.05) is 12.2 Å². The fourth-order valence-electron chi connectivity index (χ4n) is 2.03. The van der Waals surface area contributed by atoms with Crippen molar-refractivity contribution in [2.75, 3.05) is 5.32 Å². The maximum atomic E-state index is 13.6. The number of nitrogens with one attached hydrogen (secondary N) is 1. The van der Waals surface area contributed by atoms with E-state index < -0.39 is 5.82 Å². The van der Waals surface area contributed by atoms with Gasteiger partial charge in [0.15, 0.2) is 5.78 Å². The van der Waals surface area contributed by atoms with Crippen molar-refractivity contribution in [3.63, 3.8) is 0 Å². The number of hydrogen-bond acceptors (Lipinski definition) is 2. The topological polar surface area (TPSA) is 29.1 Å². The summed E-state index contributed by atoms with van der Waals surface area (Å²) in [7, 11) is 0. The molecule has 2 aromatic rings. The van der Waals surface area contributed by atoms with Gasteiger partial charge in [0.25, 0.3) is 0 Å². The summed E-state index contributed by atoms with van der Waals surface area (Å²) < 4.78 is 13.6. The number of ketones is 1. The lowest BCUT2D eigenvalue weighted by molar-refractivity contribution is 0.101. The molecule has 3 heteroatoms. The van der Waals surface area contributed by atoms with Crippen molar-refractivity contribution < 1.29 is 9.18 Å². The van der Waals surface area contributed by atoms with Crippen LogP contribution in [0.1, 0.15) is 28.4 Å². The molecule has 0 aliphatic heterocycles. The van der Waals surface area contributed by atoms with Crippen LogP contribution in [-0.4, -0.2) is 5.78 Å². The molecular weight excluding hydrogens is 241 g/mol. The summed E-state index contributed by atoms with van der Waals surface area (Å²) in [5, 5.41) is 3.13. The van der Waals surface area contributed by atoms with E-state index >= 15 is 0 Å². The van der Waals surface area contributed by atoms with Crippen LogP contribution in [-0.2, 0) is 6.54 Å². The van der Waals surface area contributed by atoms with E-state index in [1.165, 1.54) is 13.0 Å². The third-order valence-electron chi connectivity index (χ3n) is 3.10. The van der Waals surface area contributed by atoms with Crippen molar-refractivity contribution in [3.8, 4) is 0 Å². The highest BCUT2D eigenvalue weighted by atomic mass is 19.1. The molecular formula is C16H16FNO. The average Bonchev–Trinajstić information content (AvgIpc) is 2.37. The molecule has 1 N–H and O–H groups in total. The quantitative estimate of drug-likeness (QED) is 0.840. The van der Waals surface area contributed by atoms with Gasteiger partial charge in [0.1, 0.15) is 5.82 Å². The summed E-state index contributed by atoms with van der Waals surface area (Å²) in [4.78, 5) is 11.5. The SMILES string of the molecule is CC(=O)c1c(F)cccc1NCc1ccccc1C.